The van der Waals surface area contributed by atoms with Gasteiger partial charge >= 0.3 is 0 Å². The summed E-state index contributed by atoms with van der Waals surface area (Å²) in [6.07, 6.45) is 3.64. The number of hydrogen-bond donors (Lipinski definition) is 0. The van der Waals surface area contributed by atoms with Gasteiger partial charge in [0.25, 0.3) is 0 Å². The average Bonchev–Trinajstić information content (AvgIpc) is 2.83. The van der Waals surface area contributed by atoms with Crippen LogP contribution in [0.5, 0.6) is 0 Å². The summed E-state index contributed by atoms with van der Waals surface area (Å²) in [5.74, 6) is 0.852. The van der Waals surface area contributed by atoms with Gasteiger partial charge in [0.2, 0.25) is 0 Å². The Morgan fingerprint density at radius 3 is 2.74 bits per heavy atom. The number of pyridine rings is 1. The molecule has 0 radical (unpaired) electrons. The summed E-state index contributed by atoms with van der Waals surface area (Å²) in [6.45, 7) is 5.76. The van der Waals surface area contributed by atoms with Crippen LogP contribution in [0.2, 0.25) is 0 Å². The van der Waals surface area contributed by atoms with Crippen molar-refractivity contribution in [3.05, 3.63) is 22.9 Å². The first-order chi connectivity index (χ1) is 9.17. The summed E-state index contributed by atoms with van der Waals surface area (Å²) in [7, 11) is 0. The fourth-order valence-corrected chi connectivity index (χ4v) is 3.14. The second-order valence-electron chi connectivity index (χ2n) is 5.59. The Labute approximate surface area is 114 Å². The lowest BCUT2D eigenvalue weighted by Crippen LogP contribution is -2.46. The van der Waals surface area contributed by atoms with Crippen molar-refractivity contribution < 1.29 is 4.74 Å². The van der Waals surface area contributed by atoms with E-state index in [1.165, 1.54) is 11.3 Å². The van der Waals surface area contributed by atoms with E-state index >= 15 is 0 Å². The standard InChI is InChI=1S/C15H19N3O/c1-10-8-18(9-11(2)19-10)15-13(7-16)6-12-4-3-5-14(12)17-15/h6,10-11H,3-5,8-9H2,1-2H3/t10-,11+. The molecule has 1 fully saturated rings. The van der Waals surface area contributed by atoms with E-state index in [4.69, 9.17) is 9.72 Å². The van der Waals surface area contributed by atoms with Crippen molar-refractivity contribution in [1.82, 2.24) is 4.98 Å². The summed E-state index contributed by atoms with van der Waals surface area (Å²) in [6, 6.07) is 4.34. The van der Waals surface area contributed by atoms with E-state index in [2.05, 4.69) is 24.8 Å². The highest BCUT2D eigenvalue weighted by molar-refractivity contribution is 5.57. The molecule has 1 saturated heterocycles. The van der Waals surface area contributed by atoms with Gasteiger partial charge in [-0.15, -0.1) is 0 Å². The smallest absolute Gasteiger partial charge is 0.147 e. The van der Waals surface area contributed by atoms with Crippen molar-refractivity contribution in [1.29, 1.82) is 5.26 Å². The normalized spacial score (nSPS) is 26.1. The zero-order valence-electron chi connectivity index (χ0n) is 11.5. The van der Waals surface area contributed by atoms with Gasteiger partial charge in [-0.05, 0) is 44.7 Å². The zero-order chi connectivity index (χ0) is 13.4. The number of ether oxygens (including phenoxy) is 1. The van der Waals surface area contributed by atoms with Gasteiger partial charge in [-0.25, -0.2) is 4.98 Å². The summed E-state index contributed by atoms with van der Waals surface area (Å²) in [4.78, 5) is 6.97. The SMILES string of the molecule is C[C@@H]1CN(c2nc3c(cc2C#N)CCC3)C[C@H](C)O1. The molecule has 0 amide bonds. The van der Waals surface area contributed by atoms with E-state index in [9.17, 15) is 5.26 Å². The van der Waals surface area contributed by atoms with Gasteiger partial charge in [0, 0.05) is 18.8 Å². The minimum atomic E-state index is 0.186. The number of aromatic nitrogens is 1. The molecule has 100 valence electrons. The molecule has 19 heavy (non-hydrogen) atoms. The van der Waals surface area contributed by atoms with Gasteiger partial charge in [-0.1, -0.05) is 0 Å². The molecule has 0 bridgehead atoms. The number of rotatable bonds is 1. The van der Waals surface area contributed by atoms with Crippen LogP contribution in [0, 0.1) is 11.3 Å². The number of morpholine rings is 1. The van der Waals surface area contributed by atoms with E-state index in [1.54, 1.807) is 0 Å². The van der Waals surface area contributed by atoms with Crippen molar-refractivity contribution in [2.75, 3.05) is 18.0 Å². The Hall–Kier alpha value is -1.60. The molecule has 4 nitrogen and oxygen atoms in total. The van der Waals surface area contributed by atoms with Crippen molar-refractivity contribution in [3.8, 4) is 6.07 Å². The highest BCUT2D eigenvalue weighted by atomic mass is 16.5. The molecular formula is C15H19N3O. The third-order valence-electron chi connectivity index (χ3n) is 3.87. The van der Waals surface area contributed by atoms with E-state index in [-0.39, 0.29) is 12.2 Å². The minimum absolute atomic E-state index is 0.186. The lowest BCUT2D eigenvalue weighted by Gasteiger charge is -2.36. The molecule has 2 heterocycles. The maximum Gasteiger partial charge on any atom is 0.147 e. The highest BCUT2D eigenvalue weighted by Gasteiger charge is 2.26. The highest BCUT2D eigenvalue weighted by Crippen LogP contribution is 2.28. The molecule has 4 heteroatoms. The Balaban J connectivity index is 1.97. The van der Waals surface area contributed by atoms with Crippen LogP contribution >= 0.6 is 0 Å². The van der Waals surface area contributed by atoms with Crippen LogP contribution in [0.15, 0.2) is 6.07 Å². The summed E-state index contributed by atoms with van der Waals surface area (Å²) >= 11 is 0. The van der Waals surface area contributed by atoms with Crippen LogP contribution in [-0.4, -0.2) is 30.3 Å². The van der Waals surface area contributed by atoms with Gasteiger partial charge in [0.1, 0.15) is 11.9 Å². The van der Waals surface area contributed by atoms with Crippen LogP contribution in [0.3, 0.4) is 0 Å². The van der Waals surface area contributed by atoms with E-state index < -0.39 is 0 Å². The molecule has 1 aliphatic carbocycles. The summed E-state index contributed by atoms with van der Waals surface area (Å²) in [5, 5.41) is 9.36. The van der Waals surface area contributed by atoms with Crippen LogP contribution < -0.4 is 4.90 Å². The molecular weight excluding hydrogens is 238 g/mol. The van der Waals surface area contributed by atoms with Crippen molar-refractivity contribution in [3.63, 3.8) is 0 Å². The number of nitriles is 1. The van der Waals surface area contributed by atoms with Gasteiger partial charge < -0.3 is 9.64 Å². The second kappa shape index (κ2) is 4.82. The molecule has 0 aromatic carbocycles. The number of hydrogen-bond acceptors (Lipinski definition) is 4. The first-order valence-corrected chi connectivity index (χ1v) is 7.00. The van der Waals surface area contributed by atoms with Crippen molar-refractivity contribution in [2.24, 2.45) is 0 Å². The summed E-state index contributed by atoms with van der Waals surface area (Å²) in [5.41, 5.74) is 3.15. The quantitative estimate of drug-likeness (QED) is 0.772. The minimum Gasteiger partial charge on any atom is -0.372 e. The fraction of sp³-hybridized carbons (Fsp3) is 0.600. The van der Waals surface area contributed by atoms with Gasteiger partial charge in [-0.3, -0.25) is 0 Å². The van der Waals surface area contributed by atoms with Gasteiger partial charge in [0.15, 0.2) is 0 Å². The number of anilines is 1. The number of aryl methyl sites for hydroxylation is 2. The van der Waals surface area contributed by atoms with Crippen molar-refractivity contribution in [2.45, 2.75) is 45.3 Å². The summed E-state index contributed by atoms with van der Waals surface area (Å²) < 4.78 is 5.75. The van der Waals surface area contributed by atoms with Gasteiger partial charge in [0.05, 0.1) is 17.8 Å². The Kier molecular flexibility index (Phi) is 3.16. The number of nitrogens with zero attached hydrogens (tertiary/aromatic N) is 3. The molecule has 2 aliphatic rings. The van der Waals surface area contributed by atoms with Crippen molar-refractivity contribution >= 4 is 5.82 Å². The number of fused-ring (bicyclic) bond motifs is 1. The first-order valence-electron chi connectivity index (χ1n) is 7.00. The third kappa shape index (κ3) is 2.31. The predicted octanol–water partition coefficient (Wildman–Crippen LogP) is 2.06. The molecule has 1 aliphatic heterocycles. The molecule has 0 spiro atoms. The van der Waals surface area contributed by atoms with Crippen LogP contribution in [-0.2, 0) is 17.6 Å². The average molecular weight is 257 g/mol. The van der Waals surface area contributed by atoms with Crippen LogP contribution in [0.25, 0.3) is 0 Å². The lowest BCUT2D eigenvalue weighted by molar-refractivity contribution is -0.00548. The Morgan fingerprint density at radius 2 is 2.05 bits per heavy atom. The lowest BCUT2D eigenvalue weighted by atomic mass is 10.1. The molecule has 1 aromatic heterocycles. The maximum atomic E-state index is 9.36. The molecule has 0 unspecified atom stereocenters. The molecule has 3 rings (SSSR count). The molecule has 1 aromatic rings. The third-order valence-corrected chi connectivity index (χ3v) is 3.87. The maximum absolute atomic E-state index is 9.36. The topological polar surface area (TPSA) is 49.2 Å². The predicted molar refractivity (Wildman–Crippen MR) is 73.2 cm³/mol. The first kappa shape index (κ1) is 12.4. The van der Waals surface area contributed by atoms with E-state index in [0.717, 1.165) is 38.2 Å². The van der Waals surface area contributed by atoms with Crippen LogP contribution in [0.4, 0.5) is 5.82 Å². The molecule has 0 saturated carbocycles. The second-order valence-corrected chi connectivity index (χ2v) is 5.59. The largest absolute Gasteiger partial charge is 0.372 e. The fourth-order valence-electron chi connectivity index (χ4n) is 3.14. The van der Waals surface area contributed by atoms with E-state index in [0.29, 0.717) is 5.56 Å². The zero-order valence-corrected chi connectivity index (χ0v) is 11.5. The molecule has 0 N–H and O–H groups in total. The van der Waals surface area contributed by atoms with Crippen LogP contribution in [0.1, 0.15) is 37.1 Å². The Morgan fingerprint density at radius 1 is 1.32 bits per heavy atom. The van der Waals surface area contributed by atoms with Gasteiger partial charge in [-0.2, -0.15) is 5.26 Å². The molecule has 2 atom stereocenters. The Bertz CT molecular complexity index is 525. The van der Waals surface area contributed by atoms with E-state index in [1.807, 2.05) is 6.07 Å². The monoisotopic (exact) mass is 257 g/mol.